The Morgan fingerprint density at radius 3 is 2.60 bits per heavy atom. The molecule has 2 N–H and O–H groups in total. The minimum atomic E-state index is -0.0761. The summed E-state index contributed by atoms with van der Waals surface area (Å²) < 4.78 is 1.96. The van der Waals surface area contributed by atoms with Gasteiger partial charge in [0.2, 0.25) is 5.91 Å². The Hall–Kier alpha value is -1.79. The molecule has 1 fully saturated rings. The minimum Gasteiger partial charge on any atom is -0.326 e. The van der Waals surface area contributed by atoms with E-state index in [1.165, 1.54) is 4.90 Å². The van der Waals surface area contributed by atoms with Gasteiger partial charge in [-0.2, -0.15) is 5.10 Å². The van der Waals surface area contributed by atoms with Crippen molar-refractivity contribution >= 4 is 23.4 Å². The summed E-state index contributed by atoms with van der Waals surface area (Å²) in [5.74, 6) is 0.160. The topological polar surface area (TPSA) is 59.0 Å². The number of nitrogens with one attached hydrogen (secondary N) is 2. The summed E-state index contributed by atoms with van der Waals surface area (Å²) in [6.45, 7) is 8.09. The van der Waals surface area contributed by atoms with Gasteiger partial charge in [0.1, 0.15) is 0 Å². The number of hydrogen-bond donors (Lipinski definition) is 2. The molecule has 3 rings (SSSR count). The van der Waals surface area contributed by atoms with Crippen LogP contribution in [0.3, 0.4) is 0 Å². The number of hydrogen-bond acceptors (Lipinski definition) is 4. The maximum absolute atomic E-state index is 12.7. The van der Waals surface area contributed by atoms with Gasteiger partial charge in [-0.15, -0.1) is 11.8 Å². The molecule has 1 aliphatic heterocycles. The Labute approximate surface area is 153 Å². The second-order valence-electron chi connectivity index (χ2n) is 7.55. The van der Waals surface area contributed by atoms with Crippen LogP contribution in [0.1, 0.15) is 32.3 Å². The van der Waals surface area contributed by atoms with E-state index in [4.69, 9.17) is 0 Å². The van der Waals surface area contributed by atoms with Gasteiger partial charge in [-0.25, -0.2) is 0 Å². The second kappa shape index (κ2) is 7.22. The van der Waals surface area contributed by atoms with Gasteiger partial charge in [0.15, 0.2) is 0 Å². The van der Waals surface area contributed by atoms with Gasteiger partial charge < -0.3 is 10.6 Å². The molecule has 0 aliphatic carbocycles. The van der Waals surface area contributed by atoms with E-state index in [1.807, 2.05) is 43.3 Å². The Kier molecular flexibility index (Phi) is 5.20. The Balaban J connectivity index is 1.65. The van der Waals surface area contributed by atoms with Gasteiger partial charge in [0.25, 0.3) is 0 Å². The highest BCUT2D eigenvalue weighted by Crippen LogP contribution is 2.33. The average molecular weight is 359 g/mol. The lowest BCUT2D eigenvalue weighted by Crippen LogP contribution is -2.28. The fraction of sp³-hybridized carbons (Fsp3) is 0.474. The molecule has 0 radical (unpaired) electrons. The predicted octanol–water partition coefficient (Wildman–Crippen LogP) is 3.25. The van der Waals surface area contributed by atoms with Gasteiger partial charge >= 0.3 is 0 Å². The summed E-state index contributed by atoms with van der Waals surface area (Å²) in [7, 11) is 1.90. The first kappa shape index (κ1) is 18.0. The molecule has 6 heteroatoms. The molecule has 0 bridgehead atoms. The summed E-state index contributed by atoms with van der Waals surface area (Å²) in [6, 6.07) is 8.09. The van der Waals surface area contributed by atoms with E-state index >= 15 is 0 Å². The number of nitrogens with zero attached hydrogens (tertiary/aromatic N) is 2. The van der Waals surface area contributed by atoms with Crippen molar-refractivity contribution in [3.05, 3.63) is 42.2 Å². The van der Waals surface area contributed by atoms with E-state index in [1.54, 1.807) is 4.68 Å². The second-order valence-corrected chi connectivity index (χ2v) is 9.45. The number of anilines is 1. The molecule has 134 valence electrons. The number of amides is 1. The highest BCUT2D eigenvalue weighted by molar-refractivity contribution is 8.00. The molecular weight excluding hydrogens is 332 g/mol. The molecule has 1 aromatic carbocycles. The number of carbonyl (C=O) groups excluding carboxylic acids is 1. The third-order valence-electron chi connectivity index (χ3n) is 4.25. The molecule has 2 heterocycles. The molecule has 0 saturated carbocycles. The van der Waals surface area contributed by atoms with Crippen molar-refractivity contribution in [3.8, 4) is 0 Å². The highest BCUT2D eigenvalue weighted by atomic mass is 32.2. The predicted molar refractivity (Wildman–Crippen MR) is 103 cm³/mol. The van der Waals surface area contributed by atoms with Crippen LogP contribution in [-0.4, -0.2) is 33.5 Å². The smallest absolute Gasteiger partial charge is 0.229 e. The van der Waals surface area contributed by atoms with Gasteiger partial charge in [-0.3, -0.25) is 9.48 Å². The molecule has 0 spiro atoms. The van der Waals surface area contributed by atoms with Crippen LogP contribution in [0.5, 0.6) is 0 Å². The molecule has 1 aromatic heterocycles. The SMILES string of the molecule is Cn1cc([C@H]2CNC[C@@H]2C(=O)Nc2ccc(SC(C)(C)C)cc2)cn1. The third kappa shape index (κ3) is 4.64. The van der Waals surface area contributed by atoms with Crippen molar-refractivity contribution in [2.75, 3.05) is 18.4 Å². The molecule has 1 saturated heterocycles. The number of aryl methyl sites for hydroxylation is 1. The zero-order valence-corrected chi connectivity index (χ0v) is 16.1. The minimum absolute atomic E-state index is 0.0649. The van der Waals surface area contributed by atoms with Crippen molar-refractivity contribution in [3.63, 3.8) is 0 Å². The lowest BCUT2D eigenvalue weighted by molar-refractivity contribution is -0.119. The van der Waals surface area contributed by atoms with Gasteiger partial charge in [0.05, 0.1) is 12.1 Å². The van der Waals surface area contributed by atoms with E-state index in [0.717, 1.165) is 17.8 Å². The number of rotatable bonds is 4. The first-order chi connectivity index (χ1) is 11.8. The first-order valence-corrected chi connectivity index (χ1v) is 9.43. The lowest BCUT2D eigenvalue weighted by atomic mass is 9.90. The fourth-order valence-electron chi connectivity index (χ4n) is 3.13. The van der Waals surface area contributed by atoms with Crippen molar-refractivity contribution in [2.24, 2.45) is 13.0 Å². The van der Waals surface area contributed by atoms with E-state index in [-0.39, 0.29) is 22.5 Å². The van der Waals surface area contributed by atoms with Gasteiger partial charge in [0, 0.05) is 47.6 Å². The quantitative estimate of drug-likeness (QED) is 0.824. The molecule has 1 aliphatic rings. The molecule has 25 heavy (non-hydrogen) atoms. The van der Waals surface area contributed by atoms with Crippen LogP contribution in [0, 0.1) is 5.92 Å². The summed E-state index contributed by atoms with van der Waals surface area (Å²) in [4.78, 5) is 13.9. The van der Waals surface area contributed by atoms with E-state index in [0.29, 0.717) is 6.54 Å². The van der Waals surface area contributed by atoms with E-state index in [9.17, 15) is 4.79 Å². The van der Waals surface area contributed by atoms with Gasteiger partial charge in [-0.1, -0.05) is 20.8 Å². The Morgan fingerprint density at radius 1 is 1.28 bits per heavy atom. The monoisotopic (exact) mass is 358 g/mol. The maximum Gasteiger partial charge on any atom is 0.229 e. The van der Waals surface area contributed by atoms with Crippen LogP contribution < -0.4 is 10.6 Å². The molecule has 0 unspecified atom stereocenters. The molecule has 5 nitrogen and oxygen atoms in total. The van der Waals surface area contributed by atoms with Crippen LogP contribution in [0.2, 0.25) is 0 Å². The zero-order valence-electron chi connectivity index (χ0n) is 15.2. The average Bonchev–Trinajstić information content (AvgIpc) is 3.16. The number of aromatic nitrogens is 2. The summed E-state index contributed by atoms with van der Waals surface area (Å²) in [5.41, 5.74) is 1.96. The van der Waals surface area contributed by atoms with Crippen LogP contribution in [0.25, 0.3) is 0 Å². The summed E-state index contributed by atoms with van der Waals surface area (Å²) in [5, 5.41) is 10.6. The van der Waals surface area contributed by atoms with Crippen molar-refractivity contribution in [1.82, 2.24) is 15.1 Å². The van der Waals surface area contributed by atoms with E-state index < -0.39 is 0 Å². The first-order valence-electron chi connectivity index (χ1n) is 8.61. The third-order valence-corrected chi connectivity index (χ3v) is 5.37. The fourth-order valence-corrected chi connectivity index (χ4v) is 4.11. The number of carbonyl (C=O) groups is 1. The van der Waals surface area contributed by atoms with Crippen molar-refractivity contribution < 1.29 is 4.79 Å². The Morgan fingerprint density at radius 2 is 2.00 bits per heavy atom. The van der Waals surface area contributed by atoms with Crippen LogP contribution in [0.15, 0.2) is 41.6 Å². The molecular formula is C19H26N4OS. The lowest BCUT2D eigenvalue weighted by Gasteiger charge is -2.19. The summed E-state index contributed by atoms with van der Waals surface area (Å²) in [6.07, 6.45) is 3.85. The van der Waals surface area contributed by atoms with Gasteiger partial charge in [-0.05, 0) is 29.8 Å². The van der Waals surface area contributed by atoms with Crippen LogP contribution in [0.4, 0.5) is 5.69 Å². The largest absolute Gasteiger partial charge is 0.326 e. The van der Waals surface area contributed by atoms with Crippen molar-refractivity contribution in [1.29, 1.82) is 0 Å². The molecule has 2 atom stereocenters. The number of benzene rings is 1. The Bertz CT molecular complexity index is 733. The maximum atomic E-state index is 12.7. The summed E-state index contributed by atoms with van der Waals surface area (Å²) >= 11 is 1.82. The standard InChI is InChI=1S/C19H26N4OS/c1-19(2,3)25-15-7-5-14(6-8-15)22-18(24)17-11-20-10-16(17)13-9-21-23(4)12-13/h5-9,12,16-17,20H,10-11H2,1-4H3,(H,22,24)/t16-,17+/m1/s1. The van der Waals surface area contributed by atoms with Crippen LogP contribution in [-0.2, 0) is 11.8 Å². The zero-order chi connectivity index (χ0) is 18.0. The normalized spacial score (nSPS) is 20.6. The van der Waals surface area contributed by atoms with Crippen molar-refractivity contribution in [2.45, 2.75) is 36.3 Å². The highest BCUT2D eigenvalue weighted by Gasteiger charge is 2.34. The molecule has 1 amide bonds. The molecule has 2 aromatic rings. The van der Waals surface area contributed by atoms with Crippen LogP contribution >= 0.6 is 11.8 Å². The van der Waals surface area contributed by atoms with E-state index in [2.05, 4.69) is 48.6 Å². The number of thioether (sulfide) groups is 1.